The van der Waals surface area contributed by atoms with Crippen LogP contribution in [0.1, 0.15) is 170 Å². The molecule has 5 nitrogen and oxygen atoms in total. The fourth-order valence-electron chi connectivity index (χ4n) is 7.87. The molecule has 0 aromatic carbocycles. The molecule has 0 aromatic heterocycles. The maximum atomic E-state index is 12.7. The second kappa shape index (κ2) is 24.1. The molecule has 2 rings (SSSR count). The number of likely N-dealkylation sites (N-methyl/N-ethyl adjacent to an activating group) is 1. The summed E-state index contributed by atoms with van der Waals surface area (Å²) in [6.45, 7) is 16.3. The Labute approximate surface area is 286 Å². The van der Waals surface area contributed by atoms with E-state index >= 15 is 0 Å². The molecule has 2 atom stereocenters. The Hall–Kier alpha value is -1.10. The third-order valence-corrected chi connectivity index (χ3v) is 11.4. The Morgan fingerprint density at radius 1 is 0.543 bits per heavy atom. The summed E-state index contributed by atoms with van der Waals surface area (Å²) in [5, 5.41) is 0. The number of hydrogen-bond donors (Lipinski definition) is 0. The van der Waals surface area contributed by atoms with Gasteiger partial charge in [0.1, 0.15) is 13.2 Å². The van der Waals surface area contributed by atoms with Gasteiger partial charge >= 0.3 is 11.9 Å². The first-order valence-corrected chi connectivity index (χ1v) is 20.0. The van der Waals surface area contributed by atoms with Gasteiger partial charge in [-0.2, -0.15) is 0 Å². The van der Waals surface area contributed by atoms with E-state index in [2.05, 4.69) is 46.4 Å². The molecule has 0 spiro atoms. The summed E-state index contributed by atoms with van der Waals surface area (Å²) in [6, 6.07) is 0. The van der Waals surface area contributed by atoms with Gasteiger partial charge in [0.2, 0.25) is 0 Å². The minimum atomic E-state index is -0.0104. The predicted octanol–water partition coefficient (Wildman–Crippen LogP) is 10.9. The molecule has 2 unspecified atom stereocenters. The molecular weight excluding hydrogens is 570 g/mol. The van der Waals surface area contributed by atoms with Crippen LogP contribution in [0.25, 0.3) is 0 Å². The fourth-order valence-corrected chi connectivity index (χ4v) is 7.87. The van der Waals surface area contributed by atoms with Crippen molar-refractivity contribution in [3.63, 3.8) is 0 Å². The smallest absolute Gasteiger partial charge is 0.308 e. The van der Waals surface area contributed by atoms with Crippen LogP contribution in [-0.2, 0) is 19.1 Å². The number of rotatable bonds is 24. The average molecular weight is 648 g/mol. The Kier molecular flexibility index (Phi) is 21.5. The van der Waals surface area contributed by atoms with Crippen molar-refractivity contribution in [2.75, 3.05) is 33.4 Å². The van der Waals surface area contributed by atoms with Gasteiger partial charge in [-0.05, 0) is 93.9 Å². The van der Waals surface area contributed by atoms with Crippen molar-refractivity contribution in [2.24, 2.45) is 47.3 Å². The summed E-state index contributed by atoms with van der Waals surface area (Å²) in [6.07, 6.45) is 24.9. The van der Waals surface area contributed by atoms with E-state index in [1.165, 1.54) is 103 Å². The van der Waals surface area contributed by atoms with Crippen LogP contribution in [0.5, 0.6) is 0 Å². The van der Waals surface area contributed by atoms with Crippen molar-refractivity contribution in [1.82, 2.24) is 4.90 Å². The number of carbonyl (C=O) groups excluding carboxylic acids is 2. The maximum absolute atomic E-state index is 12.7. The first kappa shape index (κ1) is 41.1. The topological polar surface area (TPSA) is 55.8 Å². The molecule has 0 amide bonds. The van der Waals surface area contributed by atoms with Crippen molar-refractivity contribution in [1.29, 1.82) is 0 Å². The molecule has 0 radical (unpaired) electrons. The number of carbonyl (C=O) groups is 2. The zero-order valence-electron chi connectivity index (χ0n) is 31.7. The molecule has 2 saturated carbocycles. The van der Waals surface area contributed by atoms with Gasteiger partial charge in [0.05, 0.1) is 11.8 Å². The number of nitrogens with zero attached hydrogens (tertiary/aromatic N) is 1. The van der Waals surface area contributed by atoms with Crippen molar-refractivity contribution in [2.45, 2.75) is 170 Å². The fraction of sp³-hybridized carbons (Fsp3) is 0.951. The van der Waals surface area contributed by atoms with Crippen LogP contribution >= 0.6 is 0 Å². The van der Waals surface area contributed by atoms with E-state index in [1.54, 1.807) is 0 Å². The lowest BCUT2D eigenvalue weighted by Crippen LogP contribution is -2.31. The molecule has 0 bridgehead atoms. The Balaban J connectivity index is 1.45. The van der Waals surface area contributed by atoms with E-state index in [0.29, 0.717) is 26.3 Å². The van der Waals surface area contributed by atoms with Crippen molar-refractivity contribution in [3.05, 3.63) is 0 Å². The number of hydrogen-bond acceptors (Lipinski definition) is 5. The molecular formula is C41H77NO4. The van der Waals surface area contributed by atoms with E-state index in [0.717, 1.165) is 61.2 Å². The lowest BCUT2D eigenvalue weighted by atomic mass is 9.79. The largest absolute Gasteiger partial charge is 0.464 e. The van der Waals surface area contributed by atoms with Crippen LogP contribution in [0.2, 0.25) is 0 Å². The second-order valence-electron chi connectivity index (χ2n) is 16.8. The maximum Gasteiger partial charge on any atom is 0.308 e. The zero-order chi connectivity index (χ0) is 33.7. The van der Waals surface area contributed by atoms with Gasteiger partial charge in [-0.25, -0.2) is 0 Å². The predicted molar refractivity (Wildman–Crippen MR) is 194 cm³/mol. The van der Waals surface area contributed by atoms with E-state index in [9.17, 15) is 9.59 Å². The summed E-state index contributed by atoms with van der Waals surface area (Å²) >= 11 is 0. The van der Waals surface area contributed by atoms with Crippen LogP contribution in [-0.4, -0.2) is 50.2 Å². The van der Waals surface area contributed by atoms with E-state index in [1.807, 2.05) is 7.05 Å². The van der Waals surface area contributed by atoms with E-state index in [4.69, 9.17) is 9.47 Å². The molecule has 0 aliphatic heterocycles. The highest BCUT2D eigenvalue weighted by Gasteiger charge is 2.28. The monoisotopic (exact) mass is 648 g/mol. The number of esters is 2. The zero-order valence-corrected chi connectivity index (χ0v) is 31.7. The molecule has 0 aromatic rings. The molecule has 0 saturated heterocycles. The highest BCUT2D eigenvalue weighted by atomic mass is 16.5. The van der Waals surface area contributed by atoms with Crippen molar-refractivity contribution in [3.8, 4) is 0 Å². The first-order valence-electron chi connectivity index (χ1n) is 20.0. The molecule has 5 heteroatoms. The molecule has 46 heavy (non-hydrogen) atoms. The number of ether oxygens (including phenoxy) is 2. The summed E-state index contributed by atoms with van der Waals surface area (Å²) in [5.74, 6) is 5.06. The van der Waals surface area contributed by atoms with Gasteiger partial charge in [-0.3, -0.25) is 14.5 Å². The lowest BCUT2D eigenvalue weighted by molar-refractivity contribution is -0.150. The van der Waals surface area contributed by atoms with Crippen molar-refractivity contribution < 1.29 is 19.1 Å². The van der Waals surface area contributed by atoms with Gasteiger partial charge in [0.25, 0.3) is 0 Å². The van der Waals surface area contributed by atoms with E-state index in [-0.39, 0.29) is 23.8 Å². The van der Waals surface area contributed by atoms with Gasteiger partial charge in [0, 0.05) is 13.1 Å². The average Bonchev–Trinajstić information content (AvgIpc) is 3.01. The van der Waals surface area contributed by atoms with Crippen LogP contribution in [0.3, 0.4) is 0 Å². The third kappa shape index (κ3) is 19.0. The highest BCUT2D eigenvalue weighted by molar-refractivity contribution is 5.72. The van der Waals surface area contributed by atoms with Gasteiger partial charge in [-0.15, -0.1) is 0 Å². The minimum Gasteiger partial charge on any atom is -0.464 e. The Morgan fingerprint density at radius 2 is 0.891 bits per heavy atom. The summed E-state index contributed by atoms with van der Waals surface area (Å²) in [5.41, 5.74) is 0. The van der Waals surface area contributed by atoms with Crippen LogP contribution < -0.4 is 0 Å². The molecule has 2 aliphatic carbocycles. The van der Waals surface area contributed by atoms with Gasteiger partial charge in [-0.1, -0.05) is 119 Å². The Bertz CT molecular complexity index is 717. The first-order chi connectivity index (χ1) is 22.0. The molecule has 2 aliphatic rings. The summed E-state index contributed by atoms with van der Waals surface area (Å²) < 4.78 is 11.3. The lowest BCUT2D eigenvalue weighted by Gasteiger charge is -2.28. The normalized spacial score (nSPS) is 23.5. The standard InChI is InChI=1S/C41H77NO4/c1-32(2)12-8-14-34(5)16-10-18-36-20-24-38(25-21-36)40(43)45-30-28-42(7)29-31-46-41(44)39-26-22-37(23-27-39)19-11-17-35(6)15-9-13-33(3)4/h32-39H,8-31H2,1-7H3. The molecule has 270 valence electrons. The molecule has 0 N–H and O–H groups in total. The van der Waals surface area contributed by atoms with Gasteiger partial charge < -0.3 is 9.47 Å². The quantitative estimate of drug-likeness (QED) is 0.0976. The summed E-state index contributed by atoms with van der Waals surface area (Å²) in [4.78, 5) is 27.4. The van der Waals surface area contributed by atoms with Crippen LogP contribution in [0.4, 0.5) is 0 Å². The summed E-state index contributed by atoms with van der Waals surface area (Å²) in [7, 11) is 2.01. The molecule has 0 heterocycles. The van der Waals surface area contributed by atoms with E-state index < -0.39 is 0 Å². The van der Waals surface area contributed by atoms with Crippen molar-refractivity contribution >= 4 is 11.9 Å². The molecule has 2 fully saturated rings. The van der Waals surface area contributed by atoms with Crippen LogP contribution in [0.15, 0.2) is 0 Å². The SMILES string of the molecule is CC(C)CCCC(C)CCCC1CCC(C(=O)OCCN(C)CCOC(=O)C2CCC(CCCC(C)CCCC(C)C)CC2)CC1. The van der Waals surface area contributed by atoms with Gasteiger partial charge in [0.15, 0.2) is 0 Å². The second-order valence-corrected chi connectivity index (χ2v) is 16.8. The Morgan fingerprint density at radius 3 is 1.24 bits per heavy atom. The minimum absolute atomic E-state index is 0.0104. The van der Waals surface area contributed by atoms with Crippen LogP contribution in [0, 0.1) is 47.3 Å². The highest BCUT2D eigenvalue weighted by Crippen LogP contribution is 2.34. The third-order valence-electron chi connectivity index (χ3n) is 11.4.